The molecular formula is C21H30N4O. The van der Waals surface area contributed by atoms with Crippen LogP contribution in [-0.4, -0.2) is 39.5 Å². The molecule has 1 aromatic carbocycles. The summed E-state index contributed by atoms with van der Waals surface area (Å²) in [5.41, 5.74) is 2.76. The second-order valence-electron chi connectivity index (χ2n) is 7.79. The molecule has 1 unspecified atom stereocenters. The van der Waals surface area contributed by atoms with Crippen molar-refractivity contribution in [1.82, 2.24) is 19.8 Å². The summed E-state index contributed by atoms with van der Waals surface area (Å²) in [5.74, 6) is 0.752. The van der Waals surface area contributed by atoms with Crippen LogP contribution in [0.4, 0.5) is 0 Å². The van der Waals surface area contributed by atoms with Crippen LogP contribution < -0.4 is 5.32 Å². The number of benzene rings is 1. The van der Waals surface area contributed by atoms with E-state index in [0.717, 1.165) is 38.9 Å². The molecule has 140 valence electrons. The lowest BCUT2D eigenvalue weighted by Gasteiger charge is -2.33. The number of rotatable bonds is 7. The molecule has 0 aliphatic carbocycles. The number of imidazole rings is 1. The number of nitrogens with zero attached hydrogens (tertiary/aromatic N) is 3. The zero-order valence-corrected chi connectivity index (χ0v) is 15.9. The Bertz CT molecular complexity index is 679. The van der Waals surface area contributed by atoms with E-state index in [-0.39, 0.29) is 11.9 Å². The molecule has 2 heterocycles. The van der Waals surface area contributed by atoms with Gasteiger partial charge in [0, 0.05) is 31.5 Å². The zero-order valence-electron chi connectivity index (χ0n) is 15.9. The molecule has 1 atom stereocenters. The van der Waals surface area contributed by atoms with Crippen LogP contribution in [-0.2, 0) is 24.3 Å². The number of piperidine rings is 1. The fourth-order valence-corrected chi connectivity index (χ4v) is 3.65. The van der Waals surface area contributed by atoms with E-state index in [2.05, 4.69) is 53.3 Å². The molecule has 1 aliphatic rings. The van der Waals surface area contributed by atoms with Gasteiger partial charge in [0.05, 0.1) is 6.33 Å². The van der Waals surface area contributed by atoms with Gasteiger partial charge in [0.2, 0.25) is 5.91 Å². The van der Waals surface area contributed by atoms with Gasteiger partial charge in [-0.3, -0.25) is 9.69 Å². The maximum Gasteiger partial charge on any atom is 0.240 e. The van der Waals surface area contributed by atoms with Gasteiger partial charge in [0.25, 0.3) is 0 Å². The third-order valence-corrected chi connectivity index (χ3v) is 4.83. The molecular weight excluding hydrogens is 324 g/mol. The molecule has 1 fully saturated rings. The topological polar surface area (TPSA) is 50.2 Å². The summed E-state index contributed by atoms with van der Waals surface area (Å²) < 4.78 is 1.80. The molecule has 26 heavy (non-hydrogen) atoms. The van der Waals surface area contributed by atoms with Crippen molar-refractivity contribution in [1.29, 1.82) is 0 Å². The van der Waals surface area contributed by atoms with Crippen molar-refractivity contribution in [3.63, 3.8) is 0 Å². The molecule has 1 N–H and O–H groups in total. The predicted molar refractivity (Wildman–Crippen MR) is 104 cm³/mol. The summed E-state index contributed by atoms with van der Waals surface area (Å²) in [6, 6.07) is 9.24. The molecule has 1 aliphatic heterocycles. The molecule has 0 spiro atoms. The normalized spacial score (nSPS) is 18.2. The third kappa shape index (κ3) is 5.70. The van der Waals surface area contributed by atoms with Gasteiger partial charge in [-0.05, 0) is 42.9 Å². The smallest absolute Gasteiger partial charge is 0.240 e. The standard InChI is InChI=1S/C21H30N4O/c1-17(2)12-18-5-7-19(8-6-18)13-24-10-3-4-20(14-24)23-21(26)15-25-11-9-22-16-25/h5-9,11,16-17,20H,3-4,10,12-15H2,1-2H3,(H,23,26). The first-order valence-corrected chi connectivity index (χ1v) is 9.64. The molecule has 0 saturated carbocycles. The molecule has 0 bridgehead atoms. The Morgan fingerprint density at radius 1 is 1.27 bits per heavy atom. The van der Waals surface area contributed by atoms with Gasteiger partial charge in [-0.2, -0.15) is 0 Å². The Kier molecular flexibility index (Phi) is 6.45. The molecule has 5 heteroatoms. The number of amides is 1. The number of hydrogen-bond acceptors (Lipinski definition) is 3. The van der Waals surface area contributed by atoms with E-state index in [1.54, 1.807) is 17.1 Å². The fourth-order valence-electron chi connectivity index (χ4n) is 3.65. The highest BCUT2D eigenvalue weighted by molar-refractivity contribution is 5.76. The summed E-state index contributed by atoms with van der Waals surface area (Å²) in [6.07, 6.45) is 8.50. The highest BCUT2D eigenvalue weighted by atomic mass is 16.2. The maximum absolute atomic E-state index is 12.2. The highest BCUT2D eigenvalue weighted by Gasteiger charge is 2.21. The monoisotopic (exact) mass is 354 g/mol. The third-order valence-electron chi connectivity index (χ3n) is 4.83. The van der Waals surface area contributed by atoms with Crippen molar-refractivity contribution in [2.75, 3.05) is 13.1 Å². The van der Waals surface area contributed by atoms with E-state index < -0.39 is 0 Å². The molecule has 1 aromatic heterocycles. The molecule has 3 rings (SSSR count). The van der Waals surface area contributed by atoms with Crippen LogP contribution in [0.15, 0.2) is 43.0 Å². The number of aromatic nitrogens is 2. The van der Waals surface area contributed by atoms with E-state index in [0.29, 0.717) is 12.5 Å². The Hall–Kier alpha value is -2.14. The first-order valence-electron chi connectivity index (χ1n) is 9.64. The Labute approximate surface area is 156 Å². The number of carbonyl (C=O) groups excluding carboxylic acids is 1. The fraction of sp³-hybridized carbons (Fsp3) is 0.524. The predicted octanol–water partition coefficient (Wildman–Crippen LogP) is 2.86. The van der Waals surface area contributed by atoms with Crippen molar-refractivity contribution < 1.29 is 4.79 Å². The van der Waals surface area contributed by atoms with Crippen molar-refractivity contribution >= 4 is 5.91 Å². The summed E-state index contributed by atoms with van der Waals surface area (Å²) in [7, 11) is 0. The maximum atomic E-state index is 12.2. The molecule has 5 nitrogen and oxygen atoms in total. The zero-order chi connectivity index (χ0) is 18.4. The van der Waals surface area contributed by atoms with Gasteiger partial charge >= 0.3 is 0 Å². The Morgan fingerprint density at radius 2 is 2.04 bits per heavy atom. The van der Waals surface area contributed by atoms with Gasteiger partial charge in [0.1, 0.15) is 6.54 Å². The minimum absolute atomic E-state index is 0.0629. The Balaban J connectivity index is 1.47. The highest BCUT2D eigenvalue weighted by Crippen LogP contribution is 2.15. The van der Waals surface area contributed by atoms with Crippen LogP contribution in [0.5, 0.6) is 0 Å². The summed E-state index contributed by atoms with van der Waals surface area (Å²) in [5, 5.41) is 3.17. The van der Waals surface area contributed by atoms with Crippen LogP contribution in [0.2, 0.25) is 0 Å². The minimum atomic E-state index is 0.0629. The van der Waals surface area contributed by atoms with E-state index in [1.807, 2.05) is 6.20 Å². The first kappa shape index (κ1) is 18.6. The first-order chi connectivity index (χ1) is 12.6. The summed E-state index contributed by atoms with van der Waals surface area (Å²) in [4.78, 5) is 18.6. The van der Waals surface area contributed by atoms with Crippen LogP contribution in [0.3, 0.4) is 0 Å². The molecule has 2 aromatic rings. The lowest BCUT2D eigenvalue weighted by Crippen LogP contribution is -2.48. The number of likely N-dealkylation sites (tertiary alicyclic amines) is 1. The quantitative estimate of drug-likeness (QED) is 0.832. The minimum Gasteiger partial charge on any atom is -0.351 e. The van der Waals surface area contributed by atoms with Gasteiger partial charge in [-0.15, -0.1) is 0 Å². The van der Waals surface area contributed by atoms with E-state index in [4.69, 9.17) is 0 Å². The largest absolute Gasteiger partial charge is 0.351 e. The van der Waals surface area contributed by atoms with Gasteiger partial charge < -0.3 is 9.88 Å². The number of nitrogens with one attached hydrogen (secondary N) is 1. The SMILES string of the molecule is CC(C)Cc1ccc(CN2CCCC(NC(=O)Cn3ccnc3)C2)cc1. The van der Waals surface area contributed by atoms with Crippen molar-refractivity contribution in [2.24, 2.45) is 5.92 Å². The lowest BCUT2D eigenvalue weighted by molar-refractivity contribution is -0.122. The average molecular weight is 354 g/mol. The Morgan fingerprint density at radius 3 is 2.73 bits per heavy atom. The van der Waals surface area contributed by atoms with Crippen LogP contribution in [0.25, 0.3) is 0 Å². The second-order valence-corrected chi connectivity index (χ2v) is 7.79. The summed E-state index contributed by atoms with van der Waals surface area (Å²) >= 11 is 0. The molecule has 0 radical (unpaired) electrons. The lowest BCUT2D eigenvalue weighted by atomic mass is 10.0. The molecule has 1 saturated heterocycles. The van der Waals surface area contributed by atoms with Crippen LogP contribution >= 0.6 is 0 Å². The van der Waals surface area contributed by atoms with Gasteiger partial charge in [-0.1, -0.05) is 38.1 Å². The van der Waals surface area contributed by atoms with E-state index in [9.17, 15) is 4.79 Å². The average Bonchev–Trinajstić information content (AvgIpc) is 3.09. The number of hydrogen-bond donors (Lipinski definition) is 1. The van der Waals surface area contributed by atoms with Gasteiger partial charge in [0.15, 0.2) is 0 Å². The van der Waals surface area contributed by atoms with Crippen molar-refractivity contribution in [3.05, 3.63) is 54.1 Å². The van der Waals surface area contributed by atoms with Crippen molar-refractivity contribution in [3.8, 4) is 0 Å². The number of carbonyl (C=O) groups is 1. The van der Waals surface area contributed by atoms with Gasteiger partial charge in [-0.25, -0.2) is 4.98 Å². The summed E-state index contributed by atoms with van der Waals surface area (Å²) in [6.45, 7) is 7.82. The van der Waals surface area contributed by atoms with E-state index >= 15 is 0 Å². The van der Waals surface area contributed by atoms with Crippen LogP contribution in [0, 0.1) is 5.92 Å². The second kappa shape index (κ2) is 8.99. The van der Waals surface area contributed by atoms with E-state index in [1.165, 1.54) is 11.1 Å². The van der Waals surface area contributed by atoms with Crippen LogP contribution in [0.1, 0.15) is 37.8 Å². The molecule has 1 amide bonds. The van der Waals surface area contributed by atoms with Crippen molar-refractivity contribution in [2.45, 2.75) is 52.2 Å².